The Morgan fingerprint density at radius 3 is 2.43 bits per heavy atom. The van der Waals surface area contributed by atoms with Crippen LogP contribution in [0.25, 0.3) is 16.5 Å². The zero-order chi connectivity index (χ0) is 19.0. The van der Waals surface area contributed by atoms with E-state index in [4.69, 9.17) is 0 Å². The molecule has 0 aliphatic carbocycles. The number of nitrogens with zero attached hydrogens (tertiary/aromatic N) is 2. The molecule has 28 heavy (non-hydrogen) atoms. The van der Waals surface area contributed by atoms with Crippen molar-refractivity contribution in [2.24, 2.45) is 0 Å². The van der Waals surface area contributed by atoms with Crippen LogP contribution in [-0.4, -0.2) is 10.4 Å². The van der Waals surface area contributed by atoms with Crippen molar-refractivity contribution in [3.8, 4) is 5.69 Å². The molecule has 0 bridgehead atoms. The summed E-state index contributed by atoms with van der Waals surface area (Å²) in [5, 5.41) is 2.23. The van der Waals surface area contributed by atoms with E-state index in [9.17, 15) is 9.18 Å². The lowest BCUT2D eigenvalue weighted by atomic mass is 10.1. The SMILES string of the molecule is Cc1cc(C(=O)C[n+]2ccc3ccccc3c2)c(C)n1-c1ccccc1F.[Cl-]. The molecule has 0 unspecified atom stereocenters. The van der Waals surface area contributed by atoms with Crippen LogP contribution in [0.1, 0.15) is 21.7 Å². The van der Waals surface area contributed by atoms with E-state index in [2.05, 4.69) is 0 Å². The number of ketones is 1. The van der Waals surface area contributed by atoms with Crippen LogP contribution in [-0.2, 0) is 6.54 Å². The van der Waals surface area contributed by atoms with Gasteiger partial charge in [-0.15, -0.1) is 0 Å². The van der Waals surface area contributed by atoms with Crippen LogP contribution >= 0.6 is 0 Å². The molecule has 4 aromatic rings. The minimum Gasteiger partial charge on any atom is -1.00 e. The van der Waals surface area contributed by atoms with Crippen molar-refractivity contribution in [3.63, 3.8) is 0 Å². The van der Waals surface area contributed by atoms with Crippen LogP contribution < -0.4 is 17.0 Å². The summed E-state index contributed by atoms with van der Waals surface area (Å²) in [5.74, 6) is -0.298. The molecule has 2 heterocycles. The molecule has 4 rings (SSSR count). The van der Waals surface area contributed by atoms with E-state index in [-0.39, 0.29) is 30.6 Å². The second kappa shape index (κ2) is 7.95. The number of hydrogen-bond donors (Lipinski definition) is 0. The zero-order valence-electron chi connectivity index (χ0n) is 15.7. The van der Waals surface area contributed by atoms with Gasteiger partial charge in [-0.2, -0.15) is 4.57 Å². The number of pyridine rings is 1. The zero-order valence-corrected chi connectivity index (χ0v) is 16.4. The topological polar surface area (TPSA) is 25.9 Å². The number of halogens is 2. The predicted molar refractivity (Wildman–Crippen MR) is 104 cm³/mol. The Balaban J connectivity index is 0.00000225. The number of benzene rings is 2. The monoisotopic (exact) mass is 394 g/mol. The fourth-order valence-electron chi connectivity index (χ4n) is 3.58. The van der Waals surface area contributed by atoms with Gasteiger partial charge in [-0.25, -0.2) is 4.39 Å². The van der Waals surface area contributed by atoms with Gasteiger partial charge in [0.2, 0.25) is 12.3 Å². The number of carbonyl (C=O) groups excluding carboxylic acids is 1. The number of rotatable bonds is 4. The van der Waals surface area contributed by atoms with Gasteiger partial charge in [0.05, 0.1) is 5.69 Å². The van der Waals surface area contributed by atoms with Gasteiger partial charge in [-0.05, 0) is 43.5 Å². The third-order valence-electron chi connectivity index (χ3n) is 4.90. The van der Waals surface area contributed by atoms with Gasteiger partial charge < -0.3 is 17.0 Å². The van der Waals surface area contributed by atoms with Crippen molar-refractivity contribution in [2.75, 3.05) is 0 Å². The van der Waals surface area contributed by atoms with Crippen LogP contribution in [0.2, 0.25) is 0 Å². The first-order valence-electron chi connectivity index (χ1n) is 8.89. The van der Waals surface area contributed by atoms with E-state index >= 15 is 0 Å². The second-order valence-electron chi connectivity index (χ2n) is 6.74. The number of para-hydroxylation sites is 1. The second-order valence-corrected chi connectivity index (χ2v) is 6.74. The molecule has 2 aromatic carbocycles. The molecule has 2 aromatic heterocycles. The Morgan fingerprint density at radius 2 is 1.68 bits per heavy atom. The summed E-state index contributed by atoms with van der Waals surface area (Å²) in [5.41, 5.74) is 2.68. The summed E-state index contributed by atoms with van der Waals surface area (Å²) in [6, 6.07) is 18.5. The largest absolute Gasteiger partial charge is 1.00 e. The van der Waals surface area contributed by atoms with Crippen molar-refractivity contribution in [3.05, 3.63) is 95.8 Å². The molecule has 0 aliphatic rings. The number of hydrogen-bond acceptors (Lipinski definition) is 1. The van der Waals surface area contributed by atoms with Gasteiger partial charge in [-0.1, -0.05) is 30.3 Å². The molecular formula is C23H20ClFN2O. The Kier molecular flexibility index (Phi) is 5.61. The average molecular weight is 395 g/mol. The maximum Gasteiger partial charge on any atom is 0.229 e. The number of Topliss-reactive ketones (excluding diaryl/α,β-unsaturated/α-hetero) is 1. The summed E-state index contributed by atoms with van der Waals surface area (Å²) in [4.78, 5) is 12.9. The summed E-state index contributed by atoms with van der Waals surface area (Å²) in [6.07, 6.45) is 3.89. The minimum atomic E-state index is -0.304. The lowest BCUT2D eigenvalue weighted by Crippen LogP contribution is -3.00. The van der Waals surface area contributed by atoms with Crippen molar-refractivity contribution in [1.29, 1.82) is 0 Å². The van der Waals surface area contributed by atoms with E-state index in [1.165, 1.54) is 6.07 Å². The number of aromatic nitrogens is 2. The van der Waals surface area contributed by atoms with E-state index in [0.29, 0.717) is 11.3 Å². The smallest absolute Gasteiger partial charge is 0.229 e. The van der Waals surface area contributed by atoms with Crippen molar-refractivity contribution < 1.29 is 26.2 Å². The number of aryl methyl sites for hydroxylation is 1. The van der Waals surface area contributed by atoms with Crippen molar-refractivity contribution >= 4 is 16.6 Å². The van der Waals surface area contributed by atoms with Gasteiger partial charge in [0, 0.05) is 28.4 Å². The fourth-order valence-corrected chi connectivity index (χ4v) is 3.58. The first kappa shape index (κ1) is 19.8. The highest BCUT2D eigenvalue weighted by Crippen LogP contribution is 2.23. The van der Waals surface area contributed by atoms with Crippen molar-refractivity contribution in [1.82, 2.24) is 4.57 Å². The maximum absolute atomic E-state index is 14.2. The van der Waals surface area contributed by atoms with Gasteiger partial charge in [0.15, 0.2) is 12.4 Å². The first-order chi connectivity index (χ1) is 13.0. The first-order valence-corrected chi connectivity index (χ1v) is 8.89. The lowest BCUT2D eigenvalue weighted by Gasteiger charge is -2.10. The van der Waals surface area contributed by atoms with E-state index in [0.717, 1.165) is 22.2 Å². The van der Waals surface area contributed by atoms with Crippen molar-refractivity contribution in [2.45, 2.75) is 20.4 Å². The minimum absolute atomic E-state index is 0. The Bertz CT molecular complexity index is 1170. The Labute approximate surface area is 169 Å². The van der Waals surface area contributed by atoms with Gasteiger partial charge in [0.1, 0.15) is 5.82 Å². The molecule has 0 fully saturated rings. The molecule has 0 amide bonds. The Morgan fingerprint density at radius 1 is 1.00 bits per heavy atom. The summed E-state index contributed by atoms with van der Waals surface area (Å²) in [6.45, 7) is 3.99. The molecule has 0 atom stereocenters. The average Bonchev–Trinajstić information content (AvgIpc) is 2.96. The number of carbonyl (C=O) groups is 1. The standard InChI is InChI=1S/C23H20FN2O.ClH/c1-16-13-20(17(2)26(16)22-10-6-5-9-21(22)24)23(27)15-25-12-11-18-7-3-4-8-19(18)14-25;/h3-14H,15H2,1-2H3;1H/q+1;/p-1. The molecule has 3 nitrogen and oxygen atoms in total. The molecule has 0 saturated carbocycles. The maximum atomic E-state index is 14.2. The number of fused-ring (bicyclic) bond motifs is 1. The molecule has 0 radical (unpaired) electrons. The van der Waals surface area contributed by atoms with Crippen LogP contribution in [0.3, 0.4) is 0 Å². The van der Waals surface area contributed by atoms with Gasteiger partial charge >= 0.3 is 0 Å². The molecule has 0 N–H and O–H groups in total. The molecule has 0 saturated heterocycles. The summed E-state index contributed by atoms with van der Waals surface area (Å²) in [7, 11) is 0. The normalized spacial score (nSPS) is 10.7. The van der Waals surface area contributed by atoms with Crippen LogP contribution in [0.5, 0.6) is 0 Å². The van der Waals surface area contributed by atoms with Gasteiger partial charge in [-0.3, -0.25) is 4.79 Å². The Hall–Kier alpha value is -2.98. The predicted octanol–water partition coefficient (Wildman–Crippen LogP) is 1.56. The fraction of sp³-hybridized carbons (Fsp3) is 0.130. The molecular weight excluding hydrogens is 375 g/mol. The van der Waals surface area contributed by atoms with E-state index in [1.54, 1.807) is 22.8 Å². The summed E-state index contributed by atoms with van der Waals surface area (Å²) < 4.78 is 17.9. The molecule has 0 aliphatic heterocycles. The van der Waals surface area contributed by atoms with E-state index in [1.807, 2.05) is 67.2 Å². The van der Waals surface area contributed by atoms with E-state index < -0.39 is 0 Å². The molecule has 0 spiro atoms. The quantitative estimate of drug-likeness (QED) is 0.381. The lowest BCUT2D eigenvalue weighted by molar-refractivity contribution is -0.681. The third-order valence-corrected chi connectivity index (χ3v) is 4.90. The van der Waals surface area contributed by atoms with Gasteiger partial charge in [0.25, 0.3) is 0 Å². The van der Waals surface area contributed by atoms with Crippen LogP contribution in [0.15, 0.2) is 73.1 Å². The molecule has 142 valence electrons. The highest BCUT2D eigenvalue weighted by atomic mass is 35.5. The molecule has 5 heteroatoms. The van der Waals surface area contributed by atoms with Crippen LogP contribution in [0.4, 0.5) is 4.39 Å². The van der Waals surface area contributed by atoms with Crippen LogP contribution in [0, 0.1) is 19.7 Å². The highest BCUT2D eigenvalue weighted by molar-refractivity contribution is 5.96. The summed E-state index contributed by atoms with van der Waals surface area (Å²) >= 11 is 0. The highest BCUT2D eigenvalue weighted by Gasteiger charge is 2.21. The third kappa shape index (κ3) is 3.56.